The second-order valence-corrected chi connectivity index (χ2v) is 8.62. The second-order valence-electron chi connectivity index (χ2n) is 7.03. The van der Waals surface area contributed by atoms with Crippen molar-refractivity contribution in [3.63, 3.8) is 0 Å². The molecule has 2 amide bonds. The van der Waals surface area contributed by atoms with Gasteiger partial charge in [0.2, 0.25) is 0 Å². The first kappa shape index (κ1) is 19.8. The van der Waals surface area contributed by atoms with E-state index in [1.54, 1.807) is 4.72 Å². The normalized spacial score (nSPS) is 16.3. The van der Waals surface area contributed by atoms with Crippen LogP contribution < -0.4 is 14.3 Å². The van der Waals surface area contributed by atoms with Crippen LogP contribution >= 0.6 is 0 Å². The molecule has 0 aromatic heterocycles. The molecule has 0 bridgehead atoms. The third kappa shape index (κ3) is 3.71. The number of phenols is 1. The molecule has 1 aliphatic rings. The quantitative estimate of drug-likeness (QED) is 0.574. The van der Waals surface area contributed by atoms with Gasteiger partial charge in [-0.2, -0.15) is 8.42 Å². The summed E-state index contributed by atoms with van der Waals surface area (Å²) < 4.78 is 41.2. The van der Waals surface area contributed by atoms with Gasteiger partial charge in [0, 0.05) is 17.5 Å². The number of nitrogens with one attached hydrogen (secondary N) is 2. The number of halogens is 1. The van der Waals surface area contributed by atoms with Crippen molar-refractivity contribution in [2.24, 2.45) is 0 Å². The van der Waals surface area contributed by atoms with Crippen LogP contribution in [0.3, 0.4) is 0 Å². The minimum atomic E-state index is -4.33. The number of carbonyl (C=O) groups excluding carboxylic acids is 2. The number of amides is 2. The lowest BCUT2D eigenvalue weighted by Gasteiger charge is -2.19. The Morgan fingerprint density at radius 1 is 1.36 bits per heavy atom. The molecule has 11 heteroatoms. The summed E-state index contributed by atoms with van der Waals surface area (Å²) in [7, 11) is -4.33. The number of rotatable bonds is 4. The van der Waals surface area contributed by atoms with Crippen molar-refractivity contribution in [2.45, 2.75) is 19.4 Å². The van der Waals surface area contributed by atoms with E-state index in [1.165, 1.54) is 32.0 Å². The van der Waals surface area contributed by atoms with Crippen molar-refractivity contribution in [1.29, 1.82) is 0 Å². The van der Waals surface area contributed by atoms with Crippen LogP contribution in [0.25, 0.3) is 10.8 Å². The third-order valence-electron chi connectivity index (χ3n) is 4.05. The smallest absolute Gasteiger partial charge is 0.326 e. The van der Waals surface area contributed by atoms with Crippen LogP contribution in [0.1, 0.15) is 24.2 Å². The Labute approximate surface area is 159 Å². The molecule has 3 rings (SSSR count). The van der Waals surface area contributed by atoms with Gasteiger partial charge in [-0.1, -0.05) is 6.07 Å². The molecule has 0 spiro atoms. The Morgan fingerprint density at radius 3 is 2.61 bits per heavy atom. The summed E-state index contributed by atoms with van der Waals surface area (Å²) in [4.78, 5) is 23.7. The molecule has 9 nitrogen and oxygen atoms in total. The average Bonchev–Trinajstić information content (AvgIpc) is 2.84. The fraction of sp³-hybridized carbons (Fsp3) is 0.294. The lowest BCUT2D eigenvalue weighted by molar-refractivity contribution is -0.117. The minimum Gasteiger partial charge on any atom is -0.506 e. The fourth-order valence-corrected chi connectivity index (χ4v) is 3.91. The summed E-state index contributed by atoms with van der Waals surface area (Å²) in [5, 5.41) is 22.4. The van der Waals surface area contributed by atoms with Gasteiger partial charge in [-0.3, -0.25) is 9.59 Å². The summed E-state index contributed by atoms with van der Waals surface area (Å²) >= 11 is 0. The first-order valence-electron chi connectivity index (χ1n) is 8.18. The van der Waals surface area contributed by atoms with Crippen molar-refractivity contribution < 1.29 is 32.6 Å². The molecule has 4 N–H and O–H groups in total. The zero-order valence-electron chi connectivity index (χ0n) is 15.0. The highest BCUT2D eigenvalue weighted by Gasteiger charge is 2.37. The summed E-state index contributed by atoms with van der Waals surface area (Å²) in [6, 6.07) is 5.14. The molecule has 1 aliphatic heterocycles. The van der Waals surface area contributed by atoms with Crippen molar-refractivity contribution in [1.82, 2.24) is 10.0 Å². The van der Waals surface area contributed by atoms with E-state index in [0.717, 1.165) is 6.07 Å². The number of phenolic OH excluding ortho intramolecular Hbond substituents is 1. The van der Waals surface area contributed by atoms with Crippen LogP contribution in [0, 0.1) is 5.82 Å². The van der Waals surface area contributed by atoms with Crippen LogP contribution in [0.15, 0.2) is 24.3 Å². The molecule has 0 aliphatic carbocycles. The van der Waals surface area contributed by atoms with Gasteiger partial charge >= 0.3 is 10.2 Å². The highest BCUT2D eigenvalue weighted by Crippen LogP contribution is 2.38. The van der Waals surface area contributed by atoms with E-state index in [4.69, 9.17) is 0 Å². The number of hydrogen-bond acceptors (Lipinski definition) is 6. The van der Waals surface area contributed by atoms with Gasteiger partial charge in [0.15, 0.2) is 5.82 Å². The predicted octanol–water partition coefficient (Wildman–Crippen LogP) is 0.366. The Morgan fingerprint density at radius 2 is 2.04 bits per heavy atom. The second kappa shape index (κ2) is 6.60. The summed E-state index contributed by atoms with van der Waals surface area (Å²) in [5.41, 5.74) is -1.74. The van der Waals surface area contributed by atoms with E-state index in [-0.39, 0.29) is 22.9 Å². The summed E-state index contributed by atoms with van der Waals surface area (Å²) in [6.07, 6.45) is 0. The maximum Gasteiger partial charge on any atom is 0.326 e. The molecule has 0 atom stereocenters. The van der Waals surface area contributed by atoms with Crippen LogP contribution in [0.4, 0.5) is 10.1 Å². The molecule has 2 aromatic carbocycles. The van der Waals surface area contributed by atoms with Gasteiger partial charge in [0.05, 0.1) is 5.60 Å². The van der Waals surface area contributed by atoms with E-state index in [0.29, 0.717) is 4.31 Å². The van der Waals surface area contributed by atoms with Crippen LogP contribution in [-0.2, 0) is 15.0 Å². The van der Waals surface area contributed by atoms with Crippen molar-refractivity contribution >= 4 is 38.5 Å². The molecular weight excluding hydrogens is 393 g/mol. The van der Waals surface area contributed by atoms with E-state index in [9.17, 15) is 28.2 Å². The Balaban J connectivity index is 2.06. The predicted molar refractivity (Wildman–Crippen MR) is 98.6 cm³/mol. The first-order chi connectivity index (χ1) is 12.9. The van der Waals surface area contributed by atoms with Gasteiger partial charge in [-0.15, -0.1) is 0 Å². The zero-order chi connectivity index (χ0) is 20.9. The number of carbonyl (C=O) groups is 2. The number of anilines is 1. The topological polar surface area (TPSA) is 136 Å². The standard InChI is InChI=1S/C17H18FN3O6S/c1-17(2,25)8-19-16(24)10-4-3-9-6-12(22)15(14(18)11(9)5-10)21-7-13(23)20-28(21,26)27/h3-6,22,25H,7-8H2,1-2H3,(H,19,24)(H,20,23). The highest BCUT2D eigenvalue weighted by atomic mass is 32.2. The number of hydrogen-bond donors (Lipinski definition) is 4. The van der Waals surface area contributed by atoms with E-state index in [2.05, 4.69) is 5.32 Å². The molecule has 0 saturated carbocycles. The third-order valence-corrected chi connectivity index (χ3v) is 5.42. The van der Waals surface area contributed by atoms with Crippen molar-refractivity contribution in [3.05, 3.63) is 35.6 Å². The Hall–Kier alpha value is -2.92. The maximum atomic E-state index is 15.1. The monoisotopic (exact) mass is 411 g/mol. The van der Waals surface area contributed by atoms with Crippen LogP contribution in [0.2, 0.25) is 0 Å². The number of fused-ring (bicyclic) bond motifs is 1. The van der Waals surface area contributed by atoms with E-state index < -0.39 is 51.4 Å². The highest BCUT2D eigenvalue weighted by molar-refractivity contribution is 7.92. The largest absolute Gasteiger partial charge is 0.506 e. The van der Waals surface area contributed by atoms with E-state index >= 15 is 4.39 Å². The molecule has 1 fully saturated rings. The summed E-state index contributed by atoms with van der Waals surface area (Å²) in [5.74, 6) is -3.18. The molecule has 150 valence electrons. The molecule has 1 heterocycles. The number of nitrogens with zero attached hydrogens (tertiary/aromatic N) is 1. The van der Waals surface area contributed by atoms with E-state index in [1.807, 2.05) is 0 Å². The molecule has 1 saturated heterocycles. The molecule has 2 aromatic rings. The Kier molecular flexibility index (Phi) is 4.68. The lowest BCUT2D eigenvalue weighted by atomic mass is 10.0. The minimum absolute atomic E-state index is 0.0347. The molecule has 28 heavy (non-hydrogen) atoms. The van der Waals surface area contributed by atoms with Gasteiger partial charge in [0.1, 0.15) is 18.0 Å². The average molecular weight is 411 g/mol. The van der Waals surface area contributed by atoms with Crippen LogP contribution in [0.5, 0.6) is 5.75 Å². The maximum absolute atomic E-state index is 15.1. The van der Waals surface area contributed by atoms with Crippen molar-refractivity contribution in [2.75, 3.05) is 17.4 Å². The fourth-order valence-electron chi connectivity index (χ4n) is 2.75. The molecule has 0 unspecified atom stereocenters. The van der Waals surface area contributed by atoms with Gasteiger partial charge < -0.3 is 15.5 Å². The number of benzene rings is 2. The number of aliphatic hydroxyl groups is 1. The van der Waals surface area contributed by atoms with Gasteiger partial charge in [-0.05, 0) is 37.4 Å². The summed E-state index contributed by atoms with van der Waals surface area (Å²) in [6.45, 7) is 2.31. The van der Waals surface area contributed by atoms with Gasteiger partial charge in [0.25, 0.3) is 11.8 Å². The molecule has 0 radical (unpaired) electrons. The number of aromatic hydroxyl groups is 1. The van der Waals surface area contributed by atoms with Gasteiger partial charge in [-0.25, -0.2) is 13.4 Å². The first-order valence-corrected chi connectivity index (χ1v) is 9.62. The SMILES string of the molecule is CC(C)(O)CNC(=O)c1ccc2cc(O)c(N3CC(=O)NS3(=O)=O)c(F)c2c1. The Bertz CT molecular complexity index is 1090. The lowest BCUT2D eigenvalue weighted by Crippen LogP contribution is -2.38. The van der Waals surface area contributed by atoms with Crippen LogP contribution in [-0.4, -0.2) is 49.1 Å². The zero-order valence-corrected chi connectivity index (χ0v) is 15.8. The molecular formula is C17H18FN3O6S. The van der Waals surface area contributed by atoms with Crippen molar-refractivity contribution in [3.8, 4) is 5.75 Å².